The number of aromatic nitrogens is 1. The predicted octanol–water partition coefficient (Wildman–Crippen LogP) is 4.38. The van der Waals surface area contributed by atoms with E-state index in [2.05, 4.69) is 24.9 Å². The second kappa shape index (κ2) is 8.02. The van der Waals surface area contributed by atoms with Gasteiger partial charge in [-0.1, -0.05) is 19.9 Å². The Bertz CT molecular complexity index is 952. The van der Waals surface area contributed by atoms with Crippen LogP contribution < -0.4 is 9.04 Å². The summed E-state index contributed by atoms with van der Waals surface area (Å²) >= 11 is -1.27. The molecule has 1 atom stereocenters. The van der Waals surface area contributed by atoms with E-state index in [9.17, 15) is 13.6 Å². The van der Waals surface area contributed by atoms with Gasteiger partial charge < -0.3 is 14.4 Å². The van der Waals surface area contributed by atoms with Gasteiger partial charge in [-0.25, -0.2) is 14.1 Å². The molecule has 3 rings (SSSR count). The number of carboxylic acid groups (broad SMARTS) is 1. The third kappa shape index (κ3) is 4.26. The van der Waals surface area contributed by atoms with E-state index < -0.39 is 17.2 Å². The number of hydrogen-bond acceptors (Lipinski definition) is 6. The molecule has 0 radical (unpaired) electrons. The van der Waals surface area contributed by atoms with E-state index in [1.165, 1.54) is 36.6 Å². The predicted molar refractivity (Wildman–Crippen MR) is 109 cm³/mol. The molecule has 2 aromatic rings. The molecule has 0 aliphatic heterocycles. The van der Waals surface area contributed by atoms with Gasteiger partial charge in [0.2, 0.25) is 0 Å². The summed E-state index contributed by atoms with van der Waals surface area (Å²) < 4.78 is 30.2. The summed E-state index contributed by atoms with van der Waals surface area (Å²) in [6, 6.07) is 4.02. The number of nitrogens with zero attached hydrogens (tertiary/aromatic N) is 2. The lowest BCUT2D eigenvalue weighted by Gasteiger charge is -2.28. The van der Waals surface area contributed by atoms with E-state index >= 15 is 0 Å². The first-order valence-electron chi connectivity index (χ1n) is 8.67. The van der Waals surface area contributed by atoms with Crippen LogP contribution in [-0.4, -0.2) is 31.9 Å². The van der Waals surface area contributed by atoms with Crippen molar-refractivity contribution in [1.29, 1.82) is 0 Å². The molecule has 1 aromatic carbocycles. The van der Waals surface area contributed by atoms with Crippen molar-refractivity contribution < 1.29 is 23.4 Å². The number of benzene rings is 1. The number of carbonyl (C=O) groups is 1. The van der Waals surface area contributed by atoms with E-state index in [1.54, 1.807) is 5.38 Å². The summed E-state index contributed by atoms with van der Waals surface area (Å²) in [6.45, 7) is 4.45. The molecule has 0 amide bonds. The number of anilines is 2. The van der Waals surface area contributed by atoms with Crippen LogP contribution in [-0.2, 0) is 11.3 Å². The van der Waals surface area contributed by atoms with Crippen LogP contribution in [0.2, 0.25) is 0 Å². The molecule has 1 unspecified atom stereocenters. The van der Waals surface area contributed by atoms with Crippen molar-refractivity contribution in [3.8, 4) is 5.75 Å². The number of hydrogen-bond donors (Lipinski definition) is 1. The maximum absolute atomic E-state index is 12.0. The molecule has 1 aromatic heterocycles. The number of allylic oxidation sites excluding steroid dienone is 2. The van der Waals surface area contributed by atoms with Gasteiger partial charge in [0.25, 0.3) is 0 Å². The van der Waals surface area contributed by atoms with Crippen molar-refractivity contribution in [1.82, 2.24) is 4.98 Å². The van der Waals surface area contributed by atoms with Crippen LogP contribution in [0.15, 0.2) is 29.7 Å². The van der Waals surface area contributed by atoms with Gasteiger partial charge >= 0.3 is 5.97 Å². The van der Waals surface area contributed by atoms with Gasteiger partial charge in [0.05, 0.1) is 29.6 Å². The second-order valence-electron chi connectivity index (χ2n) is 7.31. The molecular formula is C19H21N2O5S2-. The highest BCUT2D eigenvalue weighted by Gasteiger charge is 2.25. The fourth-order valence-corrected chi connectivity index (χ4v) is 4.52. The van der Waals surface area contributed by atoms with Crippen molar-refractivity contribution in [3.63, 3.8) is 0 Å². The molecule has 0 bridgehead atoms. The molecular weight excluding hydrogens is 400 g/mol. The van der Waals surface area contributed by atoms with Crippen LogP contribution in [0.5, 0.6) is 5.75 Å². The quantitative estimate of drug-likeness (QED) is 0.695. The SMILES string of the molecule is COc1cc(C(=O)O)ccc1N(c1csc(C2=CCC(C)(C)CC2)n1)S(=O)[O-]. The van der Waals surface area contributed by atoms with Gasteiger partial charge in [-0.15, -0.1) is 11.3 Å². The Hall–Kier alpha value is -2.23. The summed E-state index contributed by atoms with van der Waals surface area (Å²) in [7, 11) is 1.36. The zero-order valence-electron chi connectivity index (χ0n) is 15.8. The van der Waals surface area contributed by atoms with Gasteiger partial charge in [0, 0.05) is 5.38 Å². The first-order chi connectivity index (χ1) is 13.2. The molecule has 1 N–H and O–H groups in total. The molecule has 28 heavy (non-hydrogen) atoms. The standard InChI is InChI=1S/C19H22N2O5S2/c1-19(2)8-6-12(7-9-19)17-20-16(11-27-17)21(28(24)25)14-5-4-13(18(22)23)10-15(14)26-3/h4-6,10-11H,7-9H2,1-3H3,(H,22,23)(H,24,25)/p-1. The summed E-state index contributed by atoms with van der Waals surface area (Å²) in [5.74, 6) is -0.736. The average molecular weight is 422 g/mol. The Balaban J connectivity index is 1.97. The first-order valence-corrected chi connectivity index (χ1v) is 10.6. The smallest absolute Gasteiger partial charge is 0.335 e. The monoisotopic (exact) mass is 421 g/mol. The minimum Gasteiger partial charge on any atom is -0.755 e. The number of aromatic carboxylic acids is 1. The molecule has 1 aliphatic carbocycles. The van der Waals surface area contributed by atoms with E-state index in [0.29, 0.717) is 0 Å². The molecule has 7 nitrogen and oxygen atoms in total. The fourth-order valence-electron chi connectivity index (χ4n) is 3.04. The minimum atomic E-state index is -2.66. The van der Waals surface area contributed by atoms with Crippen molar-refractivity contribution in [2.24, 2.45) is 5.41 Å². The van der Waals surface area contributed by atoms with Crippen LogP contribution in [0.4, 0.5) is 11.5 Å². The molecule has 0 spiro atoms. The molecule has 150 valence electrons. The zero-order valence-corrected chi connectivity index (χ0v) is 17.4. The zero-order chi connectivity index (χ0) is 20.5. The summed E-state index contributed by atoms with van der Waals surface area (Å²) in [4.78, 5) is 15.7. The Morgan fingerprint density at radius 1 is 1.43 bits per heavy atom. The molecule has 0 fully saturated rings. The number of thiazole rings is 1. The second-order valence-corrected chi connectivity index (χ2v) is 8.97. The third-order valence-electron chi connectivity index (χ3n) is 4.74. The molecule has 0 saturated heterocycles. The Kier molecular flexibility index (Phi) is 5.87. The lowest BCUT2D eigenvalue weighted by Crippen LogP contribution is -2.21. The van der Waals surface area contributed by atoms with Crippen LogP contribution >= 0.6 is 11.3 Å². The van der Waals surface area contributed by atoms with Gasteiger partial charge in [0.1, 0.15) is 10.8 Å². The van der Waals surface area contributed by atoms with Crippen molar-refractivity contribution >= 4 is 45.7 Å². The van der Waals surface area contributed by atoms with Crippen molar-refractivity contribution in [2.75, 3.05) is 11.4 Å². The fraction of sp³-hybridized carbons (Fsp3) is 0.368. The highest BCUT2D eigenvalue weighted by atomic mass is 32.2. The van der Waals surface area contributed by atoms with Crippen LogP contribution in [0.25, 0.3) is 5.57 Å². The van der Waals surface area contributed by atoms with E-state index in [1.807, 2.05) is 0 Å². The maximum atomic E-state index is 12.0. The number of methoxy groups -OCH3 is 1. The number of rotatable bonds is 6. The molecule has 9 heteroatoms. The maximum Gasteiger partial charge on any atom is 0.335 e. The average Bonchev–Trinajstić information content (AvgIpc) is 3.11. The lowest BCUT2D eigenvalue weighted by molar-refractivity contribution is 0.0696. The Labute approximate surface area is 170 Å². The highest BCUT2D eigenvalue weighted by Crippen LogP contribution is 2.41. The third-order valence-corrected chi connectivity index (χ3v) is 6.33. The number of carboxylic acids is 1. The van der Waals surface area contributed by atoms with E-state index in [4.69, 9.17) is 9.84 Å². The van der Waals surface area contributed by atoms with Crippen LogP contribution in [0, 0.1) is 5.41 Å². The topological polar surface area (TPSA) is 103 Å². The van der Waals surface area contributed by atoms with Gasteiger partial charge in [-0.2, -0.15) is 0 Å². The lowest BCUT2D eigenvalue weighted by atomic mass is 9.78. The minimum absolute atomic E-state index is 0.00572. The van der Waals surface area contributed by atoms with Crippen LogP contribution in [0.3, 0.4) is 0 Å². The van der Waals surface area contributed by atoms with Crippen molar-refractivity contribution in [3.05, 3.63) is 40.2 Å². The van der Waals surface area contributed by atoms with Gasteiger partial charge in [-0.05, 0) is 48.4 Å². The van der Waals surface area contributed by atoms with Gasteiger partial charge in [0.15, 0.2) is 5.82 Å². The summed E-state index contributed by atoms with van der Waals surface area (Å²) in [5.41, 5.74) is 1.61. The Morgan fingerprint density at radius 2 is 2.18 bits per heavy atom. The molecule has 0 saturated carbocycles. The van der Waals surface area contributed by atoms with Gasteiger partial charge in [-0.3, -0.25) is 4.21 Å². The first kappa shape index (κ1) is 20.5. The van der Waals surface area contributed by atoms with Crippen LogP contribution in [0.1, 0.15) is 48.5 Å². The molecule has 1 aliphatic rings. The Morgan fingerprint density at radius 3 is 2.75 bits per heavy atom. The normalized spacial score (nSPS) is 16.9. The van der Waals surface area contributed by atoms with Crippen molar-refractivity contribution in [2.45, 2.75) is 33.1 Å². The van der Waals surface area contributed by atoms with E-state index in [0.717, 1.165) is 34.1 Å². The highest BCUT2D eigenvalue weighted by molar-refractivity contribution is 7.81. The number of ether oxygens (including phenoxy) is 1. The largest absolute Gasteiger partial charge is 0.755 e. The van der Waals surface area contributed by atoms with E-state index in [-0.39, 0.29) is 28.2 Å². The molecule has 1 heterocycles. The summed E-state index contributed by atoms with van der Waals surface area (Å²) in [6.07, 6.45) is 5.08. The summed E-state index contributed by atoms with van der Waals surface area (Å²) in [5, 5.41) is 11.6.